The molecule has 0 bridgehead atoms. The molecule has 8 heteroatoms. The van der Waals surface area contributed by atoms with Crippen molar-refractivity contribution < 1.29 is 8.42 Å². The number of aryl methyl sites for hydroxylation is 1. The molecule has 0 saturated heterocycles. The van der Waals surface area contributed by atoms with Gasteiger partial charge in [0.05, 0.1) is 27.1 Å². The van der Waals surface area contributed by atoms with Gasteiger partial charge in [0, 0.05) is 0 Å². The number of fused-ring (bicyclic) bond motifs is 1. The smallest absolute Gasteiger partial charge is 0.206 e. The Hall–Kier alpha value is -3.26. The lowest BCUT2D eigenvalue weighted by Gasteiger charge is -2.10. The number of rotatable bonds is 3. The standard InChI is InChI=1S/C18H15N5O2S/c1-12-9-13(23-18-15(10-22-23)17(19)20-11-21-18)7-8-16(12)26(24,25)14-5-3-2-4-6-14/h2-11H,1H3,(H2,19,20,21). The van der Waals surface area contributed by atoms with E-state index in [1.165, 1.54) is 6.33 Å². The van der Waals surface area contributed by atoms with Gasteiger partial charge in [0.1, 0.15) is 12.1 Å². The molecule has 0 aliphatic carbocycles. The Morgan fingerprint density at radius 2 is 1.81 bits per heavy atom. The molecule has 0 fully saturated rings. The fourth-order valence-electron chi connectivity index (χ4n) is 2.84. The molecule has 2 heterocycles. The molecular formula is C18H15N5O2S. The van der Waals surface area contributed by atoms with E-state index in [-0.39, 0.29) is 9.79 Å². The number of benzene rings is 2. The van der Waals surface area contributed by atoms with E-state index in [9.17, 15) is 8.42 Å². The van der Waals surface area contributed by atoms with E-state index in [1.54, 1.807) is 66.3 Å². The summed E-state index contributed by atoms with van der Waals surface area (Å²) in [7, 11) is -3.58. The SMILES string of the molecule is Cc1cc(-n2ncc3c(N)ncnc32)ccc1S(=O)(=O)c1ccccc1. The molecule has 0 unspecified atom stereocenters. The predicted molar refractivity (Wildman–Crippen MR) is 97.7 cm³/mol. The van der Waals surface area contributed by atoms with Crippen molar-refractivity contribution in [2.24, 2.45) is 0 Å². The Balaban J connectivity index is 1.83. The highest BCUT2D eigenvalue weighted by molar-refractivity contribution is 7.91. The van der Waals surface area contributed by atoms with Crippen LogP contribution < -0.4 is 5.73 Å². The topological polar surface area (TPSA) is 104 Å². The number of aromatic nitrogens is 4. The van der Waals surface area contributed by atoms with E-state index in [2.05, 4.69) is 15.1 Å². The maximum Gasteiger partial charge on any atom is 0.206 e. The lowest BCUT2D eigenvalue weighted by molar-refractivity contribution is 0.595. The molecule has 26 heavy (non-hydrogen) atoms. The number of nitrogens with zero attached hydrogens (tertiary/aromatic N) is 4. The Bertz CT molecular complexity index is 1220. The van der Waals surface area contributed by atoms with Crippen molar-refractivity contribution in [3.8, 4) is 5.69 Å². The maximum absolute atomic E-state index is 12.8. The second-order valence-corrected chi connectivity index (χ2v) is 7.74. The van der Waals surface area contributed by atoms with Crippen LogP contribution in [0.3, 0.4) is 0 Å². The first-order valence-corrected chi connectivity index (χ1v) is 9.32. The molecule has 0 spiro atoms. The molecule has 130 valence electrons. The Morgan fingerprint density at radius 1 is 1.04 bits per heavy atom. The third-order valence-electron chi connectivity index (χ3n) is 4.14. The van der Waals surface area contributed by atoms with Crippen LogP contribution in [0.1, 0.15) is 5.56 Å². The van der Waals surface area contributed by atoms with Crippen molar-refractivity contribution in [2.75, 3.05) is 5.73 Å². The van der Waals surface area contributed by atoms with Crippen molar-refractivity contribution in [3.63, 3.8) is 0 Å². The molecule has 0 aliphatic heterocycles. The van der Waals surface area contributed by atoms with Crippen molar-refractivity contribution in [1.82, 2.24) is 19.7 Å². The molecule has 0 radical (unpaired) electrons. The van der Waals surface area contributed by atoms with Gasteiger partial charge in [-0.3, -0.25) is 0 Å². The summed E-state index contributed by atoms with van der Waals surface area (Å²) in [4.78, 5) is 8.69. The predicted octanol–water partition coefficient (Wildman–Crippen LogP) is 2.54. The lowest BCUT2D eigenvalue weighted by Crippen LogP contribution is -2.06. The Morgan fingerprint density at radius 3 is 2.54 bits per heavy atom. The monoisotopic (exact) mass is 365 g/mol. The second-order valence-electron chi connectivity index (χ2n) is 5.82. The van der Waals surface area contributed by atoms with Gasteiger partial charge in [-0.15, -0.1) is 0 Å². The molecule has 0 aliphatic rings. The van der Waals surface area contributed by atoms with Gasteiger partial charge in [-0.2, -0.15) is 5.10 Å². The third-order valence-corrected chi connectivity index (χ3v) is 6.07. The van der Waals surface area contributed by atoms with Gasteiger partial charge >= 0.3 is 0 Å². The Kier molecular flexibility index (Phi) is 3.69. The first kappa shape index (κ1) is 16.2. The van der Waals surface area contributed by atoms with Crippen LogP contribution in [0.2, 0.25) is 0 Å². The third kappa shape index (κ3) is 2.51. The summed E-state index contributed by atoms with van der Waals surface area (Å²) in [5.74, 6) is 0.348. The first-order chi connectivity index (χ1) is 12.5. The van der Waals surface area contributed by atoms with E-state index in [0.717, 1.165) is 0 Å². The maximum atomic E-state index is 12.8. The van der Waals surface area contributed by atoms with E-state index >= 15 is 0 Å². The second kappa shape index (κ2) is 5.92. The minimum absolute atomic E-state index is 0.262. The highest BCUT2D eigenvalue weighted by Gasteiger charge is 2.20. The van der Waals surface area contributed by atoms with Crippen LogP contribution in [-0.4, -0.2) is 28.2 Å². The number of hydrogen-bond donors (Lipinski definition) is 1. The van der Waals surface area contributed by atoms with Gasteiger partial charge < -0.3 is 5.73 Å². The summed E-state index contributed by atoms with van der Waals surface area (Å²) >= 11 is 0. The van der Waals surface area contributed by atoms with E-state index in [1.807, 2.05) is 0 Å². The molecule has 0 amide bonds. The van der Waals surface area contributed by atoms with Crippen molar-refractivity contribution in [1.29, 1.82) is 0 Å². The van der Waals surface area contributed by atoms with Crippen molar-refractivity contribution in [3.05, 3.63) is 66.6 Å². The molecule has 4 aromatic rings. The summed E-state index contributed by atoms with van der Waals surface area (Å²) < 4.78 is 27.3. The van der Waals surface area contributed by atoms with Gasteiger partial charge in [-0.1, -0.05) is 18.2 Å². The van der Waals surface area contributed by atoms with E-state index < -0.39 is 9.84 Å². The van der Waals surface area contributed by atoms with Crippen LogP contribution >= 0.6 is 0 Å². The van der Waals surface area contributed by atoms with Crippen LogP contribution in [-0.2, 0) is 9.84 Å². The summed E-state index contributed by atoms with van der Waals surface area (Å²) in [6.07, 6.45) is 2.96. The summed E-state index contributed by atoms with van der Waals surface area (Å²) in [5.41, 5.74) is 7.72. The van der Waals surface area contributed by atoms with Gasteiger partial charge in [0.25, 0.3) is 0 Å². The average Bonchev–Trinajstić information content (AvgIpc) is 3.07. The van der Waals surface area contributed by atoms with Crippen LogP contribution in [0.4, 0.5) is 5.82 Å². The Labute approximate surface area is 150 Å². The van der Waals surface area contributed by atoms with Crippen molar-refractivity contribution in [2.45, 2.75) is 16.7 Å². The zero-order valence-corrected chi connectivity index (χ0v) is 14.7. The van der Waals surface area contributed by atoms with Crippen LogP contribution in [0.5, 0.6) is 0 Å². The number of hydrogen-bond acceptors (Lipinski definition) is 6. The minimum Gasteiger partial charge on any atom is -0.383 e. The first-order valence-electron chi connectivity index (χ1n) is 7.84. The molecule has 4 rings (SSSR count). The molecule has 7 nitrogen and oxygen atoms in total. The molecule has 2 aromatic heterocycles. The van der Waals surface area contributed by atoms with Gasteiger partial charge in [0.2, 0.25) is 9.84 Å². The van der Waals surface area contributed by atoms with Crippen LogP contribution in [0, 0.1) is 6.92 Å². The van der Waals surface area contributed by atoms with Crippen LogP contribution in [0.25, 0.3) is 16.7 Å². The molecule has 2 N–H and O–H groups in total. The number of nitrogens with two attached hydrogens (primary N) is 1. The normalized spacial score (nSPS) is 11.7. The van der Waals surface area contributed by atoms with E-state index in [4.69, 9.17) is 5.73 Å². The summed E-state index contributed by atoms with van der Waals surface area (Å²) in [6.45, 7) is 1.76. The molecular weight excluding hydrogens is 350 g/mol. The number of nitrogen functional groups attached to an aromatic ring is 1. The van der Waals surface area contributed by atoms with Crippen molar-refractivity contribution >= 4 is 26.7 Å². The zero-order valence-electron chi connectivity index (χ0n) is 13.9. The number of sulfone groups is 1. The fourth-order valence-corrected chi connectivity index (χ4v) is 4.34. The van der Waals surface area contributed by atoms with Gasteiger partial charge in [0.15, 0.2) is 5.65 Å². The molecule has 0 saturated carbocycles. The highest BCUT2D eigenvalue weighted by atomic mass is 32.2. The van der Waals surface area contributed by atoms with Gasteiger partial charge in [-0.25, -0.2) is 23.1 Å². The molecule has 0 atom stereocenters. The zero-order chi connectivity index (χ0) is 18.3. The minimum atomic E-state index is -3.58. The largest absolute Gasteiger partial charge is 0.383 e. The number of anilines is 1. The van der Waals surface area contributed by atoms with E-state index in [0.29, 0.717) is 28.1 Å². The average molecular weight is 365 g/mol. The lowest BCUT2D eigenvalue weighted by atomic mass is 10.2. The quantitative estimate of drug-likeness (QED) is 0.598. The summed E-state index contributed by atoms with van der Waals surface area (Å²) in [6, 6.07) is 13.4. The highest BCUT2D eigenvalue weighted by Crippen LogP contribution is 2.27. The summed E-state index contributed by atoms with van der Waals surface area (Å²) in [5, 5.41) is 4.95. The van der Waals surface area contributed by atoms with Gasteiger partial charge in [-0.05, 0) is 42.8 Å². The fraction of sp³-hybridized carbons (Fsp3) is 0.0556. The molecule has 2 aromatic carbocycles. The van der Waals surface area contributed by atoms with Crippen LogP contribution in [0.15, 0.2) is 70.8 Å².